The number of rotatable bonds is 6. The van der Waals surface area contributed by atoms with Gasteiger partial charge in [-0.3, -0.25) is 4.79 Å². The van der Waals surface area contributed by atoms with Crippen LogP contribution in [0.2, 0.25) is 0 Å². The van der Waals surface area contributed by atoms with Gasteiger partial charge in [-0.1, -0.05) is 72.8 Å². The average molecular weight is 390 g/mol. The van der Waals surface area contributed by atoms with Crippen molar-refractivity contribution in [1.29, 1.82) is 0 Å². The Morgan fingerprint density at radius 2 is 1.66 bits per heavy atom. The Labute approximate surface area is 174 Å². The van der Waals surface area contributed by atoms with Crippen LogP contribution in [0, 0.1) is 11.3 Å². The van der Waals surface area contributed by atoms with Gasteiger partial charge in [-0.25, -0.2) is 0 Å². The minimum atomic E-state index is -0.392. The summed E-state index contributed by atoms with van der Waals surface area (Å²) >= 11 is 0. The first-order valence-electron chi connectivity index (χ1n) is 10.9. The van der Waals surface area contributed by atoms with Crippen LogP contribution in [0.15, 0.2) is 72.8 Å². The molecule has 152 valence electrons. The Morgan fingerprint density at radius 1 is 1.00 bits per heavy atom. The van der Waals surface area contributed by atoms with Crippen molar-refractivity contribution in [3.63, 3.8) is 0 Å². The smallest absolute Gasteiger partial charge is 0.229 e. The Morgan fingerprint density at radius 3 is 2.28 bits per heavy atom. The van der Waals surface area contributed by atoms with Gasteiger partial charge in [0.15, 0.2) is 0 Å². The fraction of sp³-hybridized carbons (Fsp3) is 0.423. The van der Waals surface area contributed by atoms with E-state index in [9.17, 15) is 9.90 Å². The predicted molar refractivity (Wildman–Crippen MR) is 117 cm³/mol. The number of piperidine rings is 1. The van der Waals surface area contributed by atoms with E-state index in [1.165, 1.54) is 11.1 Å². The molecule has 2 aliphatic rings. The molecule has 0 aromatic heterocycles. The van der Waals surface area contributed by atoms with Crippen LogP contribution in [0.4, 0.5) is 0 Å². The summed E-state index contributed by atoms with van der Waals surface area (Å²) in [5, 5.41) is 9.92. The molecule has 29 heavy (non-hydrogen) atoms. The molecule has 0 unspecified atom stereocenters. The lowest BCUT2D eigenvalue weighted by atomic mass is 9.64. The maximum absolute atomic E-state index is 13.5. The average Bonchev–Trinajstić information content (AvgIpc) is 2.78. The highest BCUT2D eigenvalue weighted by molar-refractivity contribution is 5.84. The number of allylic oxidation sites excluding steroid dienone is 2. The SMILES string of the molecule is O=C1N(CCC(c2ccccc2)c2ccccc2)CCC[C@@]12CC=CC[C@H]2CO. The van der Waals surface area contributed by atoms with E-state index in [-0.39, 0.29) is 24.3 Å². The first-order valence-corrected chi connectivity index (χ1v) is 10.9. The molecule has 1 fully saturated rings. The standard InChI is InChI=1S/C26H31NO2/c28-20-23-14-7-8-16-26(23)17-9-18-27(25(26)29)19-15-24(21-10-3-1-4-11-21)22-12-5-2-6-13-22/h1-8,10-13,23-24,28H,9,14-20H2/t23-,26+/m0/s1. The van der Waals surface area contributed by atoms with Crippen molar-refractivity contribution in [3.8, 4) is 0 Å². The molecule has 2 aromatic carbocycles. The number of amides is 1. The molecular formula is C26H31NO2. The van der Waals surface area contributed by atoms with Crippen LogP contribution >= 0.6 is 0 Å². The molecule has 3 nitrogen and oxygen atoms in total. The van der Waals surface area contributed by atoms with Gasteiger partial charge in [0.2, 0.25) is 5.91 Å². The molecule has 0 radical (unpaired) electrons. The summed E-state index contributed by atoms with van der Waals surface area (Å²) in [7, 11) is 0. The summed E-state index contributed by atoms with van der Waals surface area (Å²) in [6, 6.07) is 21.2. The quantitative estimate of drug-likeness (QED) is 0.723. The molecule has 2 aromatic rings. The van der Waals surface area contributed by atoms with Gasteiger partial charge in [-0.05, 0) is 43.2 Å². The maximum atomic E-state index is 13.5. The number of aliphatic hydroxyl groups excluding tert-OH is 1. The summed E-state index contributed by atoms with van der Waals surface area (Å²) in [6.45, 7) is 1.69. The number of aliphatic hydroxyl groups is 1. The molecule has 1 amide bonds. The summed E-state index contributed by atoms with van der Waals surface area (Å²) in [4.78, 5) is 15.6. The number of carbonyl (C=O) groups excluding carboxylic acids is 1. The second-order valence-electron chi connectivity index (χ2n) is 8.51. The maximum Gasteiger partial charge on any atom is 0.229 e. The van der Waals surface area contributed by atoms with Crippen molar-refractivity contribution in [2.75, 3.05) is 19.7 Å². The molecule has 1 saturated heterocycles. The number of likely N-dealkylation sites (tertiary alicyclic amines) is 1. The molecular weight excluding hydrogens is 358 g/mol. The zero-order valence-electron chi connectivity index (χ0n) is 17.0. The molecule has 1 N–H and O–H groups in total. The molecule has 2 atom stereocenters. The van der Waals surface area contributed by atoms with E-state index in [2.05, 4.69) is 77.7 Å². The van der Waals surface area contributed by atoms with Crippen molar-refractivity contribution >= 4 is 5.91 Å². The zero-order chi connectivity index (χ0) is 20.1. The van der Waals surface area contributed by atoms with Crippen molar-refractivity contribution in [1.82, 2.24) is 4.90 Å². The van der Waals surface area contributed by atoms with Crippen molar-refractivity contribution in [2.24, 2.45) is 11.3 Å². The normalized spacial score (nSPS) is 24.4. The molecule has 3 heteroatoms. The van der Waals surface area contributed by atoms with Gasteiger partial charge < -0.3 is 10.0 Å². The fourth-order valence-corrected chi connectivity index (χ4v) is 5.27. The number of hydrogen-bond donors (Lipinski definition) is 1. The van der Waals surface area contributed by atoms with E-state index >= 15 is 0 Å². The van der Waals surface area contributed by atoms with Gasteiger partial charge in [-0.15, -0.1) is 0 Å². The Bertz CT molecular complexity index is 793. The minimum Gasteiger partial charge on any atom is -0.396 e. The van der Waals surface area contributed by atoms with E-state index in [1.807, 2.05) is 0 Å². The number of hydrogen-bond acceptors (Lipinski definition) is 2. The third-order valence-electron chi connectivity index (χ3n) is 6.93. The lowest BCUT2D eigenvalue weighted by molar-refractivity contribution is -0.152. The summed E-state index contributed by atoms with van der Waals surface area (Å²) in [5.74, 6) is 0.594. The Kier molecular flexibility index (Phi) is 6.15. The van der Waals surface area contributed by atoms with Crippen molar-refractivity contribution in [3.05, 3.63) is 83.9 Å². The third-order valence-corrected chi connectivity index (χ3v) is 6.93. The number of carbonyl (C=O) groups is 1. The van der Waals surface area contributed by atoms with Crippen molar-refractivity contribution < 1.29 is 9.90 Å². The fourth-order valence-electron chi connectivity index (χ4n) is 5.27. The number of benzene rings is 2. The van der Waals surface area contributed by atoms with Gasteiger partial charge in [0.1, 0.15) is 0 Å². The molecule has 4 rings (SSSR count). The van der Waals surface area contributed by atoms with Gasteiger partial charge in [0.05, 0.1) is 5.41 Å². The highest BCUT2D eigenvalue weighted by Gasteiger charge is 2.48. The predicted octanol–water partition coefficient (Wildman–Crippen LogP) is 4.78. The van der Waals surface area contributed by atoms with Crippen LogP contribution in [-0.4, -0.2) is 35.6 Å². The first-order chi connectivity index (χ1) is 14.2. The van der Waals surface area contributed by atoms with E-state index in [1.54, 1.807) is 0 Å². The lowest BCUT2D eigenvalue weighted by Gasteiger charge is -2.47. The van der Waals surface area contributed by atoms with Crippen LogP contribution in [-0.2, 0) is 4.79 Å². The molecule has 1 heterocycles. The van der Waals surface area contributed by atoms with Crippen LogP contribution in [0.3, 0.4) is 0 Å². The molecule has 0 bridgehead atoms. The monoisotopic (exact) mass is 389 g/mol. The molecule has 1 aliphatic heterocycles. The highest BCUT2D eigenvalue weighted by Crippen LogP contribution is 2.46. The summed E-state index contributed by atoms with van der Waals surface area (Å²) < 4.78 is 0. The van der Waals surface area contributed by atoms with Crippen molar-refractivity contribution in [2.45, 2.75) is 38.0 Å². The van der Waals surface area contributed by atoms with Crippen LogP contribution in [0.5, 0.6) is 0 Å². The van der Waals surface area contributed by atoms with Gasteiger partial charge in [-0.2, -0.15) is 0 Å². The van der Waals surface area contributed by atoms with E-state index in [0.717, 1.165) is 45.2 Å². The second kappa shape index (κ2) is 8.96. The van der Waals surface area contributed by atoms with Gasteiger partial charge >= 0.3 is 0 Å². The molecule has 1 spiro atoms. The number of nitrogens with zero attached hydrogens (tertiary/aromatic N) is 1. The van der Waals surface area contributed by atoms with Crippen LogP contribution < -0.4 is 0 Å². The lowest BCUT2D eigenvalue weighted by Crippen LogP contribution is -2.53. The van der Waals surface area contributed by atoms with E-state index < -0.39 is 5.41 Å². The highest BCUT2D eigenvalue weighted by atomic mass is 16.3. The van der Waals surface area contributed by atoms with Crippen LogP contribution in [0.25, 0.3) is 0 Å². The first kappa shape index (κ1) is 19.9. The minimum absolute atomic E-state index is 0.0573. The largest absolute Gasteiger partial charge is 0.396 e. The second-order valence-corrected chi connectivity index (χ2v) is 8.51. The topological polar surface area (TPSA) is 40.5 Å². The molecule has 1 aliphatic carbocycles. The van der Waals surface area contributed by atoms with Gasteiger partial charge in [0, 0.05) is 31.5 Å². The van der Waals surface area contributed by atoms with Gasteiger partial charge in [0.25, 0.3) is 0 Å². The summed E-state index contributed by atoms with van der Waals surface area (Å²) in [6.07, 6.45) is 8.69. The third kappa shape index (κ3) is 4.02. The zero-order valence-corrected chi connectivity index (χ0v) is 17.0. The molecule has 0 saturated carbocycles. The Balaban J connectivity index is 1.53. The van der Waals surface area contributed by atoms with E-state index in [0.29, 0.717) is 0 Å². The summed E-state index contributed by atoms with van der Waals surface area (Å²) in [5.41, 5.74) is 2.20. The van der Waals surface area contributed by atoms with E-state index in [4.69, 9.17) is 0 Å². The van der Waals surface area contributed by atoms with Crippen LogP contribution in [0.1, 0.15) is 49.1 Å². The Hall–Kier alpha value is -2.39.